The minimum atomic E-state index is -0.501. The number of hydrogen-bond donors (Lipinski definition) is 0. The maximum Gasteiger partial charge on any atom is 0.338 e. The molecule has 0 unspecified atom stereocenters. The average Bonchev–Trinajstić information content (AvgIpc) is 2.86. The van der Waals surface area contributed by atoms with Gasteiger partial charge in [0.05, 0.1) is 24.3 Å². The van der Waals surface area contributed by atoms with Crippen molar-refractivity contribution in [1.29, 1.82) is 0 Å². The summed E-state index contributed by atoms with van der Waals surface area (Å²) in [6.07, 6.45) is 1.46. The molecule has 34 heavy (non-hydrogen) atoms. The van der Waals surface area contributed by atoms with Crippen molar-refractivity contribution in [3.63, 3.8) is 0 Å². The highest BCUT2D eigenvalue weighted by molar-refractivity contribution is 6.37. The van der Waals surface area contributed by atoms with Crippen molar-refractivity contribution in [1.82, 2.24) is 0 Å². The second-order valence-corrected chi connectivity index (χ2v) is 7.90. The second-order valence-electron chi connectivity index (χ2n) is 7.90. The number of aldehydes is 2. The van der Waals surface area contributed by atoms with Crippen LogP contribution in [0.1, 0.15) is 55.3 Å². The number of carbonyl (C=O) groups is 4. The van der Waals surface area contributed by atoms with Crippen LogP contribution < -0.4 is 0 Å². The molecule has 168 valence electrons. The summed E-state index contributed by atoms with van der Waals surface area (Å²) in [5, 5.41) is 5.77. The number of carbonyl (C=O) groups excluding carboxylic acids is 4. The van der Waals surface area contributed by atoms with Gasteiger partial charge in [0.1, 0.15) is 0 Å². The second kappa shape index (κ2) is 8.23. The Bertz CT molecular complexity index is 1500. The molecule has 5 aromatic rings. The summed E-state index contributed by atoms with van der Waals surface area (Å²) in [6.45, 7) is 3.88. The minimum absolute atomic E-state index is 0.214. The summed E-state index contributed by atoms with van der Waals surface area (Å²) in [6, 6.07) is 14.0. The Morgan fingerprint density at radius 3 is 1.26 bits per heavy atom. The van der Waals surface area contributed by atoms with Crippen molar-refractivity contribution >= 4 is 67.6 Å². The molecular formula is C28H20O6. The fourth-order valence-electron chi connectivity index (χ4n) is 4.90. The smallest absolute Gasteiger partial charge is 0.338 e. The van der Waals surface area contributed by atoms with E-state index < -0.39 is 11.9 Å². The van der Waals surface area contributed by atoms with E-state index in [2.05, 4.69) is 0 Å². The summed E-state index contributed by atoms with van der Waals surface area (Å²) in [5.74, 6) is -1.00. The van der Waals surface area contributed by atoms with Gasteiger partial charge in [-0.15, -0.1) is 0 Å². The zero-order chi connectivity index (χ0) is 24.0. The van der Waals surface area contributed by atoms with Crippen molar-refractivity contribution in [3.8, 4) is 0 Å². The van der Waals surface area contributed by atoms with E-state index >= 15 is 0 Å². The maximum absolute atomic E-state index is 12.7. The predicted molar refractivity (Wildman–Crippen MR) is 130 cm³/mol. The van der Waals surface area contributed by atoms with Gasteiger partial charge in [0.2, 0.25) is 0 Å². The van der Waals surface area contributed by atoms with Crippen LogP contribution in [0.15, 0.2) is 48.5 Å². The van der Waals surface area contributed by atoms with Gasteiger partial charge < -0.3 is 9.47 Å². The highest BCUT2D eigenvalue weighted by atomic mass is 16.5. The Balaban J connectivity index is 2.03. The fraction of sp³-hybridized carbons (Fsp3) is 0.143. The van der Waals surface area contributed by atoms with Crippen LogP contribution in [0.2, 0.25) is 0 Å². The van der Waals surface area contributed by atoms with Crippen LogP contribution in [-0.4, -0.2) is 37.7 Å². The van der Waals surface area contributed by atoms with E-state index in [0.717, 1.165) is 44.9 Å². The van der Waals surface area contributed by atoms with Gasteiger partial charge in [-0.05, 0) is 58.3 Å². The molecule has 0 spiro atoms. The van der Waals surface area contributed by atoms with Crippen LogP contribution in [0.4, 0.5) is 0 Å². The Labute approximate surface area is 194 Å². The summed E-state index contributed by atoms with van der Waals surface area (Å²) in [5.41, 5.74) is 1.40. The maximum atomic E-state index is 12.7. The van der Waals surface area contributed by atoms with Crippen LogP contribution in [0.5, 0.6) is 0 Å². The molecule has 0 aliphatic carbocycles. The van der Waals surface area contributed by atoms with E-state index in [0.29, 0.717) is 33.0 Å². The van der Waals surface area contributed by atoms with Crippen molar-refractivity contribution in [2.45, 2.75) is 13.8 Å². The Morgan fingerprint density at radius 2 is 0.941 bits per heavy atom. The van der Waals surface area contributed by atoms with Crippen molar-refractivity contribution < 1.29 is 28.7 Å². The van der Waals surface area contributed by atoms with E-state index in [1.54, 1.807) is 38.1 Å². The molecule has 0 heterocycles. The van der Waals surface area contributed by atoms with Gasteiger partial charge in [0.25, 0.3) is 0 Å². The third-order valence-electron chi connectivity index (χ3n) is 6.21. The molecule has 0 radical (unpaired) electrons. The molecule has 0 aliphatic heterocycles. The molecule has 0 atom stereocenters. The first-order valence-corrected chi connectivity index (χ1v) is 11.0. The number of rotatable bonds is 6. The molecule has 0 fully saturated rings. The molecule has 5 aromatic carbocycles. The molecule has 0 saturated heterocycles. The largest absolute Gasteiger partial charge is 0.462 e. The Hall–Kier alpha value is -4.32. The first kappa shape index (κ1) is 21.5. The molecule has 0 aromatic heterocycles. The molecule has 0 bridgehead atoms. The molecule has 0 saturated carbocycles. The lowest BCUT2D eigenvalue weighted by Gasteiger charge is -2.19. The SMILES string of the molecule is CCOC(=O)c1ccc2c3ccc(C=O)c4c(C(=O)OCC)ccc(c5ccc(C=O)c1c52)c43. The van der Waals surface area contributed by atoms with E-state index in [4.69, 9.17) is 9.47 Å². The third-order valence-corrected chi connectivity index (χ3v) is 6.21. The van der Waals surface area contributed by atoms with Crippen LogP contribution in [0.3, 0.4) is 0 Å². The first-order valence-electron chi connectivity index (χ1n) is 11.0. The standard InChI is InChI=1S/C28H20O6/c1-3-33-27(31)21-11-9-19-18-8-6-16(14-30)24-22(28(32)34-4-2)12-10-20(26(18)24)17-7-5-15(13-29)23(21)25(17)19/h5-14H,3-4H2,1-2H3. The quantitative estimate of drug-likeness (QED) is 0.142. The molecular weight excluding hydrogens is 432 g/mol. The van der Waals surface area contributed by atoms with Crippen molar-refractivity contribution in [3.05, 3.63) is 70.8 Å². The topological polar surface area (TPSA) is 86.7 Å². The minimum Gasteiger partial charge on any atom is -0.462 e. The lowest BCUT2D eigenvalue weighted by molar-refractivity contribution is 0.0519. The van der Waals surface area contributed by atoms with Gasteiger partial charge in [-0.3, -0.25) is 9.59 Å². The van der Waals surface area contributed by atoms with E-state index in [1.807, 2.05) is 24.3 Å². The van der Waals surface area contributed by atoms with E-state index in [-0.39, 0.29) is 13.2 Å². The first-order chi connectivity index (χ1) is 16.5. The summed E-state index contributed by atoms with van der Waals surface area (Å²) in [7, 11) is 0. The summed E-state index contributed by atoms with van der Waals surface area (Å²) in [4.78, 5) is 49.3. The third kappa shape index (κ3) is 2.95. The lowest BCUT2D eigenvalue weighted by Crippen LogP contribution is -2.08. The van der Waals surface area contributed by atoms with Gasteiger partial charge in [0.15, 0.2) is 12.6 Å². The number of ether oxygens (including phenoxy) is 2. The molecule has 0 amide bonds. The fourth-order valence-corrected chi connectivity index (χ4v) is 4.90. The number of hydrogen-bond acceptors (Lipinski definition) is 6. The monoisotopic (exact) mass is 452 g/mol. The number of fused-ring (bicyclic) bond motifs is 2. The summed E-state index contributed by atoms with van der Waals surface area (Å²) >= 11 is 0. The Kier molecular flexibility index (Phi) is 5.21. The molecule has 0 N–H and O–H groups in total. The van der Waals surface area contributed by atoms with E-state index in [1.165, 1.54) is 0 Å². The molecule has 5 rings (SSSR count). The average molecular weight is 452 g/mol. The zero-order valence-corrected chi connectivity index (χ0v) is 18.6. The van der Waals surface area contributed by atoms with Crippen LogP contribution >= 0.6 is 0 Å². The van der Waals surface area contributed by atoms with Gasteiger partial charge in [-0.1, -0.05) is 36.4 Å². The molecule has 6 nitrogen and oxygen atoms in total. The zero-order valence-electron chi connectivity index (χ0n) is 18.6. The van der Waals surface area contributed by atoms with Crippen molar-refractivity contribution in [2.75, 3.05) is 13.2 Å². The van der Waals surface area contributed by atoms with E-state index in [9.17, 15) is 19.2 Å². The number of esters is 2. The molecule has 0 aliphatic rings. The van der Waals surface area contributed by atoms with Gasteiger partial charge in [-0.25, -0.2) is 9.59 Å². The highest BCUT2D eigenvalue weighted by Gasteiger charge is 2.23. The van der Waals surface area contributed by atoms with Crippen molar-refractivity contribution in [2.24, 2.45) is 0 Å². The van der Waals surface area contributed by atoms with Crippen LogP contribution in [0.25, 0.3) is 43.1 Å². The van der Waals surface area contributed by atoms with Crippen LogP contribution in [0, 0.1) is 0 Å². The van der Waals surface area contributed by atoms with Gasteiger partial charge in [-0.2, -0.15) is 0 Å². The Morgan fingerprint density at radius 1 is 0.588 bits per heavy atom. The summed E-state index contributed by atoms with van der Waals surface area (Å²) < 4.78 is 10.5. The molecule has 6 heteroatoms. The number of benzene rings is 5. The highest BCUT2D eigenvalue weighted by Crippen LogP contribution is 2.43. The van der Waals surface area contributed by atoms with Gasteiger partial charge >= 0.3 is 11.9 Å². The normalized spacial score (nSPS) is 11.4. The van der Waals surface area contributed by atoms with Crippen LogP contribution in [-0.2, 0) is 9.47 Å². The van der Waals surface area contributed by atoms with Gasteiger partial charge in [0, 0.05) is 21.9 Å². The predicted octanol–water partition coefficient (Wildman–Crippen LogP) is 5.72. The lowest BCUT2D eigenvalue weighted by atomic mass is 9.84.